The number of fused-ring (bicyclic) bond motifs is 9. The molecule has 12 aromatic rings. The molecule has 0 spiro atoms. The predicted octanol–water partition coefficient (Wildman–Crippen LogP) is 16.7. The van der Waals surface area contributed by atoms with Crippen molar-refractivity contribution in [2.45, 2.75) is 0 Å². The molecule has 0 saturated heterocycles. The number of para-hydroxylation sites is 2. The predicted molar refractivity (Wildman–Crippen MR) is 253 cm³/mol. The fraction of sp³-hybridized carbons (Fsp3) is 0. The van der Waals surface area contributed by atoms with Crippen LogP contribution in [0.3, 0.4) is 0 Å². The van der Waals surface area contributed by atoms with E-state index in [0.29, 0.717) is 0 Å². The van der Waals surface area contributed by atoms with Gasteiger partial charge in [-0.3, -0.25) is 0 Å². The van der Waals surface area contributed by atoms with Crippen LogP contribution in [-0.2, 0) is 0 Å². The van der Waals surface area contributed by atoms with Crippen molar-refractivity contribution >= 4 is 92.1 Å². The van der Waals surface area contributed by atoms with Crippen molar-refractivity contribution in [3.63, 3.8) is 0 Å². The molecule has 0 amide bonds. The van der Waals surface area contributed by atoms with Crippen LogP contribution >= 0.6 is 11.3 Å². The Hall–Kier alpha value is -7.46. The van der Waals surface area contributed by atoms with Crippen LogP contribution in [0.15, 0.2) is 217 Å². The molecule has 3 heteroatoms. The highest BCUT2D eigenvalue weighted by molar-refractivity contribution is 7.25. The van der Waals surface area contributed by atoms with Gasteiger partial charge >= 0.3 is 0 Å². The molecule has 0 aliphatic heterocycles. The second-order valence-electron chi connectivity index (χ2n) is 15.2. The Labute approximate surface area is 345 Å². The lowest BCUT2D eigenvalue weighted by molar-refractivity contribution is 0.670. The molecule has 0 unspecified atom stereocenters. The Morgan fingerprint density at radius 3 is 1.90 bits per heavy atom. The van der Waals surface area contributed by atoms with Crippen molar-refractivity contribution < 1.29 is 4.42 Å². The molecule has 0 atom stereocenters. The van der Waals surface area contributed by atoms with Crippen LogP contribution in [0.5, 0.6) is 0 Å². The minimum atomic E-state index is 0.898. The van der Waals surface area contributed by atoms with Gasteiger partial charge in [0.05, 0.1) is 5.69 Å². The third-order valence-electron chi connectivity index (χ3n) is 11.8. The summed E-state index contributed by atoms with van der Waals surface area (Å²) in [6, 6.07) is 77.2. The highest BCUT2D eigenvalue weighted by Gasteiger charge is 2.22. The summed E-state index contributed by atoms with van der Waals surface area (Å²) in [5.41, 5.74) is 11.9. The molecule has 2 aromatic heterocycles. The number of hydrogen-bond acceptors (Lipinski definition) is 3. The van der Waals surface area contributed by atoms with Gasteiger partial charge in [-0.2, -0.15) is 0 Å². The number of thiophene rings is 1. The summed E-state index contributed by atoms with van der Waals surface area (Å²) >= 11 is 1.85. The molecule has 2 nitrogen and oxygen atoms in total. The van der Waals surface area contributed by atoms with E-state index in [0.717, 1.165) is 66.8 Å². The van der Waals surface area contributed by atoms with Crippen molar-refractivity contribution in [3.8, 4) is 33.4 Å². The molecule has 0 N–H and O–H groups in total. The van der Waals surface area contributed by atoms with E-state index in [1.807, 2.05) is 17.4 Å². The summed E-state index contributed by atoms with van der Waals surface area (Å²) in [7, 11) is 0. The van der Waals surface area contributed by atoms with Gasteiger partial charge in [0.1, 0.15) is 11.2 Å². The minimum absolute atomic E-state index is 0.898. The number of rotatable bonds is 6. The van der Waals surface area contributed by atoms with E-state index >= 15 is 0 Å². The van der Waals surface area contributed by atoms with Crippen LogP contribution < -0.4 is 4.90 Å². The number of hydrogen-bond donors (Lipinski definition) is 0. The van der Waals surface area contributed by atoms with Crippen molar-refractivity contribution in [1.82, 2.24) is 0 Å². The van der Waals surface area contributed by atoms with Crippen LogP contribution in [0.4, 0.5) is 17.1 Å². The maximum absolute atomic E-state index is 6.58. The first kappa shape index (κ1) is 33.7. The average molecular weight is 770 g/mol. The third-order valence-corrected chi connectivity index (χ3v) is 13.0. The summed E-state index contributed by atoms with van der Waals surface area (Å²) in [6.45, 7) is 0. The zero-order chi connectivity index (χ0) is 38.9. The maximum Gasteiger partial charge on any atom is 0.143 e. The molecule has 276 valence electrons. The summed E-state index contributed by atoms with van der Waals surface area (Å²) in [5, 5.41) is 9.82. The lowest BCUT2D eigenvalue weighted by atomic mass is 9.91. The van der Waals surface area contributed by atoms with Crippen LogP contribution in [0.1, 0.15) is 0 Å². The van der Waals surface area contributed by atoms with Gasteiger partial charge in [-0.25, -0.2) is 0 Å². The van der Waals surface area contributed by atoms with Crippen LogP contribution in [0, 0.1) is 0 Å². The largest absolute Gasteiger partial charge is 0.455 e. The number of furan rings is 1. The van der Waals surface area contributed by atoms with Gasteiger partial charge in [0.2, 0.25) is 0 Å². The normalized spacial score (nSPS) is 11.7. The van der Waals surface area contributed by atoms with Crippen LogP contribution in [0.2, 0.25) is 0 Å². The first-order chi connectivity index (χ1) is 29.2. The molecule has 2 heterocycles. The van der Waals surface area contributed by atoms with Gasteiger partial charge < -0.3 is 9.32 Å². The Bertz CT molecular complexity index is 3580. The third kappa shape index (κ3) is 5.55. The number of nitrogens with zero attached hydrogens (tertiary/aromatic N) is 1. The van der Waals surface area contributed by atoms with Gasteiger partial charge in [-0.05, 0) is 92.3 Å². The molecular weight excluding hydrogens is 735 g/mol. The van der Waals surface area contributed by atoms with Crippen molar-refractivity contribution in [1.29, 1.82) is 0 Å². The Morgan fingerprint density at radius 2 is 1.00 bits per heavy atom. The van der Waals surface area contributed by atoms with Crippen LogP contribution in [-0.4, -0.2) is 0 Å². The van der Waals surface area contributed by atoms with E-state index in [2.05, 4.69) is 211 Å². The Kier molecular flexibility index (Phi) is 7.75. The van der Waals surface area contributed by atoms with Crippen molar-refractivity contribution in [2.24, 2.45) is 0 Å². The van der Waals surface area contributed by atoms with Gasteiger partial charge in [0.15, 0.2) is 0 Å². The molecule has 59 heavy (non-hydrogen) atoms. The molecule has 0 bridgehead atoms. The molecule has 0 aliphatic rings. The molecule has 0 aliphatic carbocycles. The summed E-state index contributed by atoms with van der Waals surface area (Å²) in [6.07, 6.45) is 0. The lowest BCUT2D eigenvalue weighted by Crippen LogP contribution is -2.11. The quantitative estimate of drug-likeness (QED) is 0.157. The second kappa shape index (κ2) is 13.6. The van der Waals surface area contributed by atoms with Gasteiger partial charge in [-0.15, -0.1) is 11.3 Å². The van der Waals surface area contributed by atoms with E-state index < -0.39 is 0 Å². The van der Waals surface area contributed by atoms with Crippen molar-refractivity contribution in [3.05, 3.63) is 212 Å². The summed E-state index contributed by atoms with van der Waals surface area (Å²) in [4.78, 5) is 2.46. The topological polar surface area (TPSA) is 16.4 Å². The minimum Gasteiger partial charge on any atom is -0.455 e. The fourth-order valence-electron chi connectivity index (χ4n) is 9.11. The van der Waals surface area contributed by atoms with Gasteiger partial charge in [-0.1, -0.05) is 164 Å². The Balaban J connectivity index is 1.13. The zero-order valence-corrected chi connectivity index (χ0v) is 32.8. The molecule has 0 fully saturated rings. The van der Waals surface area contributed by atoms with Crippen molar-refractivity contribution in [2.75, 3.05) is 4.90 Å². The SMILES string of the molecule is c1ccc(-c2ccc(-c3cc4ccccc4c4ccccc34)cc2N(c2cccc(-c3cccc4c3oc3ccccc34)c2)c2ccc3c(c2)sc2ccccc23)cc1. The first-order valence-corrected chi connectivity index (χ1v) is 20.9. The smallest absolute Gasteiger partial charge is 0.143 e. The van der Waals surface area contributed by atoms with Gasteiger partial charge in [0, 0.05) is 53.4 Å². The van der Waals surface area contributed by atoms with Crippen LogP contribution in [0.25, 0.3) is 97.0 Å². The summed E-state index contributed by atoms with van der Waals surface area (Å²) in [5.74, 6) is 0. The first-order valence-electron chi connectivity index (χ1n) is 20.1. The standard InChI is InChI=1S/C56H35NOS/c1-2-14-36(15-3-1)43-30-28-39(51-33-38-16-4-5-19-42(38)45-20-6-7-21-46(45)51)34-52(43)57(41-29-31-49-48-23-9-11-27-54(48)59-55(49)35-41)40-18-12-17-37(32-40)44-24-13-25-50-47-22-8-10-26-53(47)58-56(44)50/h1-35H. The van der Waals surface area contributed by atoms with E-state index in [-0.39, 0.29) is 0 Å². The highest BCUT2D eigenvalue weighted by atomic mass is 32.1. The number of benzene rings is 10. The Morgan fingerprint density at radius 1 is 0.339 bits per heavy atom. The second-order valence-corrected chi connectivity index (χ2v) is 16.3. The highest BCUT2D eigenvalue weighted by Crippen LogP contribution is 2.47. The monoisotopic (exact) mass is 769 g/mol. The molecular formula is C56H35NOS. The van der Waals surface area contributed by atoms with E-state index in [4.69, 9.17) is 4.42 Å². The fourth-order valence-corrected chi connectivity index (χ4v) is 10.2. The molecule has 0 radical (unpaired) electrons. The molecule has 10 aromatic carbocycles. The van der Waals surface area contributed by atoms with E-state index in [1.165, 1.54) is 47.3 Å². The zero-order valence-electron chi connectivity index (χ0n) is 32.0. The number of anilines is 3. The van der Waals surface area contributed by atoms with Gasteiger partial charge in [0.25, 0.3) is 0 Å². The average Bonchev–Trinajstić information content (AvgIpc) is 3.87. The summed E-state index contributed by atoms with van der Waals surface area (Å²) < 4.78 is 9.13. The molecule has 0 saturated carbocycles. The lowest BCUT2D eigenvalue weighted by Gasteiger charge is -2.29. The van der Waals surface area contributed by atoms with E-state index in [1.54, 1.807) is 0 Å². The van der Waals surface area contributed by atoms with E-state index in [9.17, 15) is 0 Å². The maximum atomic E-state index is 6.58. The molecule has 12 rings (SSSR count).